The van der Waals surface area contributed by atoms with Gasteiger partial charge in [0.2, 0.25) is 5.91 Å². The third-order valence-electron chi connectivity index (χ3n) is 2.23. The zero-order valence-electron chi connectivity index (χ0n) is 10.7. The Labute approximate surface area is 123 Å². The Morgan fingerprint density at radius 3 is 2.57 bits per heavy atom. The van der Waals surface area contributed by atoms with Crippen molar-refractivity contribution in [2.45, 2.75) is 6.18 Å². The molecule has 0 unspecified atom stereocenters. The van der Waals surface area contributed by atoms with Crippen molar-refractivity contribution in [3.05, 3.63) is 23.4 Å². The number of thiocarbonyl (C=S) groups is 1. The molecule has 10 heteroatoms. The molecule has 0 saturated heterocycles. The molecule has 1 heterocycles. The molecular weight excluding hydrogens is 309 g/mol. The van der Waals surface area contributed by atoms with Crippen LogP contribution in [0.3, 0.4) is 0 Å². The number of nitrogens with two attached hydrogens (primary N) is 2. The van der Waals surface area contributed by atoms with Gasteiger partial charge in [-0.2, -0.15) is 13.2 Å². The average Bonchev–Trinajstić information content (AvgIpc) is 2.36. The Morgan fingerprint density at radius 2 is 2.05 bits per heavy atom. The quantitative estimate of drug-likeness (QED) is 0.503. The smallest absolute Gasteiger partial charge is 0.389 e. The molecule has 0 aliphatic heterocycles. The molecule has 0 saturated carbocycles. The van der Waals surface area contributed by atoms with E-state index in [2.05, 4.69) is 10.3 Å². The van der Waals surface area contributed by atoms with Crippen molar-refractivity contribution >= 4 is 28.9 Å². The molecule has 6 nitrogen and oxygen atoms in total. The lowest BCUT2D eigenvalue weighted by Gasteiger charge is -2.13. The fourth-order valence-electron chi connectivity index (χ4n) is 1.36. The van der Waals surface area contributed by atoms with Crippen LogP contribution in [0.4, 0.5) is 19.0 Å². The minimum absolute atomic E-state index is 0.0532. The predicted octanol–water partition coefficient (Wildman–Crippen LogP) is 0.648. The summed E-state index contributed by atoms with van der Waals surface area (Å²) in [5, 5.41) is 2.63. The van der Waals surface area contributed by atoms with E-state index in [-0.39, 0.29) is 36.1 Å². The van der Waals surface area contributed by atoms with Crippen molar-refractivity contribution in [2.75, 3.05) is 25.1 Å². The maximum absolute atomic E-state index is 12.6. The Hall–Kier alpha value is -1.94. The number of pyridine rings is 1. The molecule has 0 atom stereocenters. The summed E-state index contributed by atoms with van der Waals surface area (Å²) in [5.74, 6) is -0.740. The highest BCUT2D eigenvalue weighted by Crippen LogP contribution is 2.29. The summed E-state index contributed by atoms with van der Waals surface area (Å²) in [5.41, 5.74) is 9.40. The van der Waals surface area contributed by atoms with Crippen LogP contribution in [0.5, 0.6) is 0 Å². The number of ether oxygens (including phenoxy) is 1. The number of nitrogens with one attached hydrogen (secondary N) is 1. The fourth-order valence-corrected chi connectivity index (χ4v) is 1.53. The van der Waals surface area contributed by atoms with Crippen molar-refractivity contribution in [1.82, 2.24) is 4.98 Å². The number of rotatable bonds is 7. The highest BCUT2D eigenvalue weighted by Gasteiger charge is 2.33. The van der Waals surface area contributed by atoms with E-state index < -0.39 is 17.8 Å². The number of amides is 1. The number of hydrogen-bond donors (Lipinski definition) is 3. The molecule has 0 bridgehead atoms. The third kappa shape index (κ3) is 5.52. The fraction of sp³-hybridized carbons (Fsp3) is 0.364. The van der Waals surface area contributed by atoms with Gasteiger partial charge < -0.3 is 21.5 Å². The van der Waals surface area contributed by atoms with E-state index in [1.165, 1.54) is 0 Å². The first kappa shape index (κ1) is 17.1. The summed E-state index contributed by atoms with van der Waals surface area (Å²) in [6.07, 6.45) is -4.58. The largest absolute Gasteiger partial charge is 0.433 e. The lowest BCUT2D eigenvalue weighted by Crippen LogP contribution is -2.22. The standard InChI is InChI=1S/C11H13F3N4O2S/c12-11(13,14)7-2-1-6(9(16)21)10(18-7)17-3-4-20-5-8(15)19/h1-2H,3-5H2,(H2,15,19)(H2,16,21)(H,17,18). The van der Waals surface area contributed by atoms with Gasteiger partial charge in [0, 0.05) is 6.54 Å². The minimum atomic E-state index is -4.58. The number of alkyl halides is 3. The van der Waals surface area contributed by atoms with E-state index in [0.29, 0.717) is 0 Å². The second-order valence-corrected chi connectivity index (χ2v) is 4.34. The monoisotopic (exact) mass is 322 g/mol. The number of aromatic nitrogens is 1. The van der Waals surface area contributed by atoms with E-state index in [4.69, 9.17) is 28.4 Å². The van der Waals surface area contributed by atoms with E-state index in [1.54, 1.807) is 0 Å². The zero-order valence-corrected chi connectivity index (χ0v) is 11.6. The second kappa shape index (κ2) is 7.18. The van der Waals surface area contributed by atoms with Gasteiger partial charge in [-0.1, -0.05) is 12.2 Å². The van der Waals surface area contributed by atoms with Gasteiger partial charge in [-0.15, -0.1) is 0 Å². The van der Waals surface area contributed by atoms with Crippen LogP contribution in [-0.4, -0.2) is 35.6 Å². The molecular formula is C11H13F3N4O2S. The molecule has 1 amide bonds. The Morgan fingerprint density at radius 1 is 1.38 bits per heavy atom. The van der Waals surface area contributed by atoms with Gasteiger partial charge in [-0.05, 0) is 12.1 Å². The number of primary amides is 1. The molecule has 5 N–H and O–H groups in total. The maximum Gasteiger partial charge on any atom is 0.433 e. The van der Waals surface area contributed by atoms with E-state index in [0.717, 1.165) is 12.1 Å². The first-order chi connectivity index (χ1) is 9.71. The molecule has 0 radical (unpaired) electrons. The first-order valence-electron chi connectivity index (χ1n) is 5.69. The number of halogens is 3. The lowest BCUT2D eigenvalue weighted by molar-refractivity contribution is -0.141. The van der Waals surface area contributed by atoms with Gasteiger partial charge in [0.05, 0.1) is 12.2 Å². The third-order valence-corrected chi connectivity index (χ3v) is 2.45. The summed E-state index contributed by atoms with van der Waals surface area (Å²) in [4.78, 5) is 13.8. The van der Waals surface area contributed by atoms with Crippen LogP contribution in [0.25, 0.3) is 0 Å². The van der Waals surface area contributed by atoms with Gasteiger partial charge in [0.25, 0.3) is 0 Å². The van der Waals surface area contributed by atoms with Crippen LogP contribution in [0, 0.1) is 0 Å². The summed E-state index contributed by atoms with van der Waals surface area (Å²) in [6, 6.07) is 1.94. The van der Waals surface area contributed by atoms with E-state index >= 15 is 0 Å². The van der Waals surface area contributed by atoms with Crippen molar-refractivity contribution in [3.8, 4) is 0 Å². The van der Waals surface area contributed by atoms with Gasteiger partial charge in [0.1, 0.15) is 23.1 Å². The zero-order chi connectivity index (χ0) is 16.0. The number of anilines is 1. The number of hydrogen-bond acceptors (Lipinski definition) is 5. The van der Waals surface area contributed by atoms with Crippen molar-refractivity contribution in [2.24, 2.45) is 11.5 Å². The van der Waals surface area contributed by atoms with Crippen LogP contribution in [-0.2, 0) is 15.7 Å². The van der Waals surface area contributed by atoms with Crippen LogP contribution in [0.15, 0.2) is 12.1 Å². The van der Waals surface area contributed by atoms with E-state index in [1.807, 2.05) is 0 Å². The minimum Gasteiger partial charge on any atom is -0.389 e. The molecule has 0 aromatic carbocycles. The molecule has 0 spiro atoms. The molecule has 0 aliphatic rings. The summed E-state index contributed by atoms with van der Waals surface area (Å²) in [6.45, 7) is -0.116. The predicted molar refractivity (Wildman–Crippen MR) is 73.6 cm³/mol. The topological polar surface area (TPSA) is 103 Å². The van der Waals surface area contributed by atoms with Crippen molar-refractivity contribution < 1.29 is 22.7 Å². The van der Waals surface area contributed by atoms with Gasteiger partial charge in [-0.3, -0.25) is 4.79 Å². The average molecular weight is 322 g/mol. The molecule has 1 aromatic heterocycles. The van der Waals surface area contributed by atoms with Crippen LogP contribution >= 0.6 is 12.2 Å². The van der Waals surface area contributed by atoms with Gasteiger partial charge >= 0.3 is 6.18 Å². The lowest BCUT2D eigenvalue weighted by atomic mass is 10.2. The molecule has 1 aromatic rings. The molecule has 0 fully saturated rings. The van der Waals surface area contributed by atoms with E-state index in [9.17, 15) is 18.0 Å². The SMILES string of the molecule is NC(=O)COCCNc1nc(C(F)(F)F)ccc1C(N)=S. The normalized spacial score (nSPS) is 11.2. The van der Waals surface area contributed by atoms with Crippen LogP contribution in [0.2, 0.25) is 0 Å². The Bertz CT molecular complexity index is 537. The van der Waals surface area contributed by atoms with Crippen LogP contribution < -0.4 is 16.8 Å². The Kier molecular flexibility index (Phi) is 5.85. The molecule has 0 aliphatic carbocycles. The first-order valence-corrected chi connectivity index (χ1v) is 6.10. The van der Waals surface area contributed by atoms with Gasteiger partial charge in [0.15, 0.2) is 0 Å². The molecule has 116 valence electrons. The summed E-state index contributed by atoms with van der Waals surface area (Å²) >= 11 is 4.75. The van der Waals surface area contributed by atoms with Crippen molar-refractivity contribution in [1.29, 1.82) is 0 Å². The van der Waals surface area contributed by atoms with Gasteiger partial charge in [-0.25, -0.2) is 4.98 Å². The number of carbonyl (C=O) groups excluding carboxylic acids is 1. The van der Waals surface area contributed by atoms with Crippen LogP contribution in [0.1, 0.15) is 11.3 Å². The Balaban J connectivity index is 2.77. The maximum atomic E-state index is 12.6. The highest BCUT2D eigenvalue weighted by atomic mass is 32.1. The summed E-state index contributed by atoms with van der Waals surface area (Å²) in [7, 11) is 0. The van der Waals surface area contributed by atoms with Crippen molar-refractivity contribution in [3.63, 3.8) is 0 Å². The molecule has 21 heavy (non-hydrogen) atoms. The molecule has 1 rings (SSSR count). The number of nitrogens with zero attached hydrogens (tertiary/aromatic N) is 1. The summed E-state index contributed by atoms with van der Waals surface area (Å²) < 4.78 is 42.7. The highest BCUT2D eigenvalue weighted by molar-refractivity contribution is 7.80. The number of carbonyl (C=O) groups is 1. The second-order valence-electron chi connectivity index (χ2n) is 3.90.